The van der Waals surface area contributed by atoms with E-state index in [4.69, 9.17) is 0 Å². The molecule has 70 valence electrons. The summed E-state index contributed by atoms with van der Waals surface area (Å²) in [5.74, 6) is 0. The second-order valence-electron chi connectivity index (χ2n) is 3.19. The third-order valence-electron chi connectivity index (χ3n) is 2.38. The Bertz CT molecular complexity index is 302. The van der Waals surface area contributed by atoms with Gasteiger partial charge in [-0.1, -0.05) is 37.8 Å². The van der Waals surface area contributed by atoms with Crippen molar-refractivity contribution < 1.29 is 5.11 Å². The van der Waals surface area contributed by atoms with Crippen LogP contribution in [0.3, 0.4) is 0 Å². The molecule has 0 saturated carbocycles. The minimum Gasteiger partial charge on any atom is -0.388 e. The molecule has 0 amide bonds. The minimum atomic E-state index is -0.347. The molecule has 0 heterocycles. The van der Waals surface area contributed by atoms with E-state index in [-0.39, 0.29) is 6.10 Å². The molecule has 1 aromatic rings. The fourth-order valence-electron chi connectivity index (χ4n) is 1.47. The van der Waals surface area contributed by atoms with Gasteiger partial charge in [0.15, 0.2) is 0 Å². The van der Waals surface area contributed by atoms with Gasteiger partial charge in [-0.2, -0.15) is 0 Å². The summed E-state index contributed by atoms with van der Waals surface area (Å²) >= 11 is 0. The van der Waals surface area contributed by atoms with Crippen LogP contribution in [0.2, 0.25) is 0 Å². The topological polar surface area (TPSA) is 20.2 Å². The van der Waals surface area contributed by atoms with Gasteiger partial charge in [0.2, 0.25) is 0 Å². The highest BCUT2D eigenvalue weighted by Gasteiger charge is 2.08. The lowest BCUT2D eigenvalue weighted by Gasteiger charge is -2.13. The summed E-state index contributed by atoms with van der Waals surface area (Å²) in [6.45, 7) is 7.73. The summed E-state index contributed by atoms with van der Waals surface area (Å²) in [6, 6.07) is 5.93. The minimum absolute atomic E-state index is 0.347. The van der Waals surface area contributed by atoms with Gasteiger partial charge in [0.25, 0.3) is 0 Å². The lowest BCUT2D eigenvalue weighted by molar-refractivity contribution is 0.173. The van der Waals surface area contributed by atoms with Crippen molar-refractivity contribution in [1.82, 2.24) is 0 Å². The molecular weight excluding hydrogens is 160 g/mol. The van der Waals surface area contributed by atoms with Gasteiger partial charge in [-0.3, -0.25) is 0 Å². The van der Waals surface area contributed by atoms with Crippen LogP contribution in [0.4, 0.5) is 0 Å². The molecule has 0 radical (unpaired) electrons. The Morgan fingerprint density at radius 3 is 2.77 bits per heavy atom. The zero-order valence-corrected chi connectivity index (χ0v) is 8.25. The predicted octanol–water partition coefficient (Wildman–Crippen LogP) is 3.08. The number of hydrogen-bond acceptors (Lipinski definition) is 1. The Morgan fingerprint density at radius 1 is 1.54 bits per heavy atom. The van der Waals surface area contributed by atoms with Crippen LogP contribution < -0.4 is 0 Å². The second-order valence-corrected chi connectivity index (χ2v) is 3.19. The van der Waals surface area contributed by atoms with Crippen molar-refractivity contribution in [3.05, 3.63) is 41.5 Å². The average Bonchev–Trinajstić information content (AvgIpc) is 2.17. The summed E-state index contributed by atoms with van der Waals surface area (Å²) in [6.07, 6.45) is 2.22. The Labute approximate surface area is 79.7 Å². The highest BCUT2D eigenvalue weighted by Crippen LogP contribution is 2.23. The molecule has 1 heteroatoms. The van der Waals surface area contributed by atoms with Crippen LogP contribution in [-0.2, 0) is 0 Å². The zero-order valence-electron chi connectivity index (χ0n) is 8.25. The Balaban J connectivity index is 3.15. The predicted molar refractivity (Wildman–Crippen MR) is 56.5 cm³/mol. The Hall–Kier alpha value is -1.08. The molecule has 0 aliphatic rings. The van der Waals surface area contributed by atoms with E-state index in [0.717, 1.165) is 23.1 Å². The van der Waals surface area contributed by atoms with Gasteiger partial charge < -0.3 is 5.11 Å². The maximum atomic E-state index is 9.70. The first-order chi connectivity index (χ1) is 6.20. The molecular formula is C12H16O. The molecule has 0 aliphatic heterocycles. The van der Waals surface area contributed by atoms with Crippen molar-refractivity contribution in [2.24, 2.45) is 0 Å². The average molecular weight is 176 g/mol. The highest BCUT2D eigenvalue weighted by molar-refractivity contribution is 5.54. The monoisotopic (exact) mass is 176 g/mol. The zero-order chi connectivity index (χ0) is 9.84. The molecule has 1 N–H and O–H groups in total. The van der Waals surface area contributed by atoms with Crippen molar-refractivity contribution in [3.8, 4) is 0 Å². The molecule has 0 aliphatic carbocycles. The van der Waals surface area contributed by atoms with E-state index in [1.165, 1.54) is 0 Å². The van der Waals surface area contributed by atoms with Gasteiger partial charge >= 0.3 is 0 Å². The maximum Gasteiger partial charge on any atom is 0.0790 e. The summed E-state index contributed by atoms with van der Waals surface area (Å²) < 4.78 is 0. The van der Waals surface area contributed by atoms with E-state index < -0.39 is 0 Å². The van der Waals surface area contributed by atoms with Gasteiger partial charge in [-0.15, -0.1) is 0 Å². The third kappa shape index (κ3) is 1.99. The number of benzene rings is 1. The standard InChI is InChI=1S/C12H16O/c1-4-10-7-6-8-11(9(10)3)12(13)5-2/h4,6-8,12-13H,1,5H2,2-3H3. The number of hydrogen-bond donors (Lipinski definition) is 1. The van der Waals surface area contributed by atoms with Crippen LogP contribution in [0, 0.1) is 6.92 Å². The SMILES string of the molecule is C=Cc1cccc(C(O)CC)c1C. The van der Waals surface area contributed by atoms with Crippen molar-refractivity contribution in [2.45, 2.75) is 26.4 Å². The summed E-state index contributed by atoms with van der Waals surface area (Å²) in [5, 5.41) is 9.70. The van der Waals surface area contributed by atoms with Crippen LogP contribution in [0.15, 0.2) is 24.8 Å². The van der Waals surface area contributed by atoms with Crippen molar-refractivity contribution in [1.29, 1.82) is 0 Å². The molecule has 0 saturated heterocycles. The number of aliphatic hydroxyl groups excluding tert-OH is 1. The fourth-order valence-corrected chi connectivity index (χ4v) is 1.47. The first-order valence-corrected chi connectivity index (χ1v) is 4.60. The van der Waals surface area contributed by atoms with Crippen LogP contribution in [0.1, 0.15) is 36.1 Å². The summed E-state index contributed by atoms with van der Waals surface area (Å²) in [4.78, 5) is 0. The third-order valence-corrected chi connectivity index (χ3v) is 2.38. The Kier molecular flexibility index (Phi) is 3.26. The van der Waals surface area contributed by atoms with Crippen molar-refractivity contribution >= 4 is 6.08 Å². The van der Waals surface area contributed by atoms with E-state index in [2.05, 4.69) is 6.58 Å². The molecule has 13 heavy (non-hydrogen) atoms. The Morgan fingerprint density at radius 2 is 2.23 bits per heavy atom. The highest BCUT2D eigenvalue weighted by atomic mass is 16.3. The van der Waals surface area contributed by atoms with Gasteiger partial charge in [0, 0.05) is 0 Å². The van der Waals surface area contributed by atoms with Crippen molar-refractivity contribution in [2.75, 3.05) is 0 Å². The number of rotatable bonds is 3. The van der Waals surface area contributed by atoms with E-state index in [1.54, 1.807) is 0 Å². The molecule has 0 fully saturated rings. The lowest BCUT2D eigenvalue weighted by Crippen LogP contribution is -1.99. The molecule has 1 atom stereocenters. The van der Waals surface area contributed by atoms with Gasteiger partial charge in [-0.25, -0.2) is 0 Å². The van der Waals surface area contributed by atoms with E-state index in [9.17, 15) is 5.11 Å². The molecule has 1 aromatic carbocycles. The lowest BCUT2D eigenvalue weighted by atomic mass is 9.97. The van der Waals surface area contributed by atoms with Gasteiger partial charge in [0.05, 0.1) is 6.10 Å². The summed E-state index contributed by atoms with van der Waals surface area (Å²) in [5.41, 5.74) is 3.25. The van der Waals surface area contributed by atoms with Gasteiger partial charge in [-0.05, 0) is 30.0 Å². The fraction of sp³-hybridized carbons (Fsp3) is 0.333. The molecule has 0 bridgehead atoms. The smallest absolute Gasteiger partial charge is 0.0790 e. The molecule has 1 nitrogen and oxygen atoms in total. The quantitative estimate of drug-likeness (QED) is 0.750. The first-order valence-electron chi connectivity index (χ1n) is 4.60. The largest absolute Gasteiger partial charge is 0.388 e. The maximum absolute atomic E-state index is 9.70. The normalized spacial score (nSPS) is 12.5. The van der Waals surface area contributed by atoms with Crippen LogP contribution >= 0.6 is 0 Å². The van der Waals surface area contributed by atoms with Crippen molar-refractivity contribution in [3.63, 3.8) is 0 Å². The van der Waals surface area contributed by atoms with E-state index in [1.807, 2.05) is 38.1 Å². The number of aliphatic hydroxyl groups is 1. The molecule has 1 unspecified atom stereocenters. The van der Waals surface area contributed by atoms with Crippen LogP contribution in [0.25, 0.3) is 6.08 Å². The van der Waals surface area contributed by atoms with E-state index >= 15 is 0 Å². The van der Waals surface area contributed by atoms with E-state index in [0.29, 0.717) is 0 Å². The molecule has 0 spiro atoms. The summed E-state index contributed by atoms with van der Waals surface area (Å²) in [7, 11) is 0. The van der Waals surface area contributed by atoms with Crippen LogP contribution in [0.5, 0.6) is 0 Å². The molecule has 0 aromatic heterocycles. The van der Waals surface area contributed by atoms with Crippen LogP contribution in [-0.4, -0.2) is 5.11 Å². The first kappa shape index (κ1) is 10.0. The second kappa shape index (κ2) is 4.24. The molecule has 1 rings (SSSR count). The van der Waals surface area contributed by atoms with Gasteiger partial charge in [0.1, 0.15) is 0 Å².